The van der Waals surface area contributed by atoms with E-state index in [4.69, 9.17) is 0 Å². The summed E-state index contributed by atoms with van der Waals surface area (Å²) in [7, 11) is 0. The highest BCUT2D eigenvalue weighted by atomic mass is 14.5. The molecule has 4 rings (SSSR count). The topological polar surface area (TPSA) is 0 Å². The van der Waals surface area contributed by atoms with E-state index in [1.165, 1.54) is 80.0 Å². The quantitative estimate of drug-likeness (QED) is 0.416. The van der Waals surface area contributed by atoms with Crippen molar-refractivity contribution in [2.75, 3.05) is 0 Å². The number of hydrogen-bond acceptors (Lipinski definition) is 0. The van der Waals surface area contributed by atoms with Gasteiger partial charge in [0.15, 0.2) is 0 Å². The van der Waals surface area contributed by atoms with Gasteiger partial charge in [0.2, 0.25) is 0 Å². The van der Waals surface area contributed by atoms with Gasteiger partial charge < -0.3 is 0 Å². The number of aryl methyl sites for hydroxylation is 2. The first kappa shape index (κ1) is 24.6. The van der Waals surface area contributed by atoms with Gasteiger partial charge in [-0.3, -0.25) is 0 Å². The molecule has 2 aliphatic rings. The van der Waals surface area contributed by atoms with E-state index in [0.29, 0.717) is 5.41 Å². The third kappa shape index (κ3) is 5.26. The maximum Gasteiger partial charge on any atom is 0.0180 e. The molecule has 0 bridgehead atoms. The van der Waals surface area contributed by atoms with Crippen molar-refractivity contribution in [2.45, 2.75) is 105 Å². The van der Waals surface area contributed by atoms with Crippen LogP contribution >= 0.6 is 0 Å². The van der Waals surface area contributed by atoms with Gasteiger partial charge in [-0.05, 0) is 86.2 Å². The fourth-order valence-electron chi connectivity index (χ4n) is 7.44. The molecular weight excluding hydrogens is 396 g/mol. The number of benzene rings is 2. The van der Waals surface area contributed by atoms with Gasteiger partial charge in [-0.1, -0.05) is 113 Å². The third-order valence-corrected chi connectivity index (χ3v) is 10.0. The predicted molar refractivity (Wildman–Crippen MR) is 144 cm³/mol. The number of hydrogen-bond donors (Lipinski definition) is 0. The van der Waals surface area contributed by atoms with Crippen molar-refractivity contribution in [2.24, 2.45) is 29.1 Å². The first-order chi connectivity index (χ1) is 15.7. The second-order valence-electron chi connectivity index (χ2n) is 12.7. The number of rotatable bonds is 6. The Kier molecular flexibility index (Phi) is 7.42. The average molecular weight is 445 g/mol. The maximum atomic E-state index is 2.72. The van der Waals surface area contributed by atoms with Gasteiger partial charge in [-0.2, -0.15) is 0 Å². The lowest BCUT2D eigenvalue weighted by molar-refractivity contribution is 0.00409. The molecule has 2 aromatic rings. The molecule has 180 valence electrons. The highest BCUT2D eigenvalue weighted by molar-refractivity contribution is 5.41. The summed E-state index contributed by atoms with van der Waals surface area (Å²) in [5.74, 6) is 3.56. The van der Waals surface area contributed by atoms with E-state index >= 15 is 0 Å². The zero-order chi connectivity index (χ0) is 23.6. The van der Waals surface area contributed by atoms with Crippen molar-refractivity contribution >= 4 is 0 Å². The lowest BCUT2D eigenvalue weighted by atomic mass is 9.52. The Morgan fingerprint density at radius 1 is 0.576 bits per heavy atom. The summed E-state index contributed by atoms with van der Waals surface area (Å²) >= 11 is 0. The minimum atomic E-state index is 0.0439. The Hall–Kier alpha value is -1.56. The van der Waals surface area contributed by atoms with Gasteiger partial charge in [0.05, 0.1) is 0 Å². The summed E-state index contributed by atoms with van der Waals surface area (Å²) in [4.78, 5) is 0. The molecule has 33 heavy (non-hydrogen) atoms. The maximum absolute atomic E-state index is 2.72. The van der Waals surface area contributed by atoms with E-state index in [9.17, 15) is 0 Å². The second kappa shape index (κ2) is 9.97. The molecule has 0 N–H and O–H groups in total. The molecule has 0 heterocycles. The van der Waals surface area contributed by atoms with E-state index in [0.717, 1.165) is 23.7 Å². The molecule has 0 saturated heterocycles. The van der Waals surface area contributed by atoms with Gasteiger partial charge in [0.25, 0.3) is 0 Å². The largest absolute Gasteiger partial charge is 0.0625 e. The third-order valence-electron chi connectivity index (χ3n) is 10.0. The molecule has 0 radical (unpaired) electrons. The molecular formula is C33H48. The first-order valence-electron chi connectivity index (χ1n) is 13.8. The molecule has 0 heteroatoms. The van der Waals surface area contributed by atoms with E-state index in [-0.39, 0.29) is 5.41 Å². The fourth-order valence-corrected chi connectivity index (χ4v) is 7.44. The normalized spacial score (nSPS) is 28.3. The van der Waals surface area contributed by atoms with Crippen LogP contribution in [0.15, 0.2) is 48.5 Å². The van der Waals surface area contributed by atoms with Crippen LogP contribution in [0.1, 0.15) is 108 Å². The molecule has 2 aromatic carbocycles. The summed E-state index contributed by atoms with van der Waals surface area (Å²) in [6.07, 6.45) is 12.7. The minimum Gasteiger partial charge on any atom is -0.0625 e. The van der Waals surface area contributed by atoms with Crippen LogP contribution in [0, 0.1) is 42.9 Å². The highest BCUT2D eigenvalue weighted by Crippen LogP contribution is 2.56. The molecule has 2 fully saturated rings. The molecule has 0 aliphatic heterocycles. The molecule has 0 unspecified atom stereocenters. The van der Waals surface area contributed by atoms with E-state index < -0.39 is 0 Å². The van der Waals surface area contributed by atoms with Crippen LogP contribution < -0.4 is 0 Å². The molecule has 2 saturated carbocycles. The lowest BCUT2D eigenvalue weighted by Crippen LogP contribution is -2.44. The predicted octanol–water partition coefficient (Wildman–Crippen LogP) is 9.66. The van der Waals surface area contributed by atoms with Crippen molar-refractivity contribution < 1.29 is 0 Å². The van der Waals surface area contributed by atoms with Crippen molar-refractivity contribution in [3.63, 3.8) is 0 Å². The van der Waals surface area contributed by atoms with E-state index in [2.05, 4.69) is 90.1 Å². The Morgan fingerprint density at radius 2 is 0.909 bits per heavy atom. The van der Waals surface area contributed by atoms with E-state index in [1.807, 2.05) is 0 Å². The standard InChI is InChI=1S/C33H48/c1-24-7-15-28(16-8-24)32(5,29-17-9-25(2)10-18-29)23-33(6,30-19-11-26(3)12-20-30)31-21-13-27(4)14-22-31/h7-10,15-18,26-27,30-31H,11-14,19-23H2,1-6H3. The van der Waals surface area contributed by atoms with Crippen LogP contribution in [-0.4, -0.2) is 0 Å². The Balaban J connectivity index is 1.76. The van der Waals surface area contributed by atoms with Crippen LogP contribution in [0.3, 0.4) is 0 Å². The van der Waals surface area contributed by atoms with Gasteiger partial charge in [-0.25, -0.2) is 0 Å². The van der Waals surface area contributed by atoms with Gasteiger partial charge in [0.1, 0.15) is 0 Å². The van der Waals surface area contributed by atoms with E-state index in [1.54, 1.807) is 0 Å². The van der Waals surface area contributed by atoms with Gasteiger partial charge >= 0.3 is 0 Å². The van der Waals surface area contributed by atoms with Crippen molar-refractivity contribution in [1.82, 2.24) is 0 Å². The first-order valence-corrected chi connectivity index (χ1v) is 13.8. The molecule has 0 atom stereocenters. The monoisotopic (exact) mass is 444 g/mol. The summed E-state index contributed by atoms with van der Waals surface area (Å²) in [6, 6.07) is 19.0. The smallest absolute Gasteiger partial charge is 0.0180 e. The van der Waals surface area contributed by atoms with Crippen LogP contribution in [0.5, 0.6) is 0 Å². The Morgan fingerprint density at radius 3 is 1.24 bits per heavy atom. The zero-order valence-corrected chi connectivity index (χ0v) is 22.3. The molecule has 0 aromatic heterocycles. The Bertz CT molecular complexity index is 803. The SMILES string of the molecule is Cc1ccc(C(C)(CC(C)(C2CCC(C)CC2)C2CCC(C)CC2)c2ccc(C)cc2)cc1. The van der Waals surface area contributed by atoms with Crippen molar-refractivity contribution in [3.05, 3.63) is 70.8 Å². The molecule has 0 spiro atoms. The van der Waals surface area contributed by atoms with Crippen LogP contribution in [0.4, 0.5) is 0 Å². The minimum absolute atomic E-state index is 0.0439. The van der Waals surface area contributed by atoms with Crippen LogP contribution in [0.25, 0.3) is 0 Å². The summed E-state index contributed by atoms with van der Waals surface area (Å²) < 4.78 is 0. The zero-order valence-electron chi connectivity index (χ0n) is 22.3. The van der Waals surface area contributed by atoms with Crippen LogP contribution in [-0.2, 0) is 5.41 Å². The summed E-state index contributed by atoms with van der Waals surface area (Å²) in [6.45, 7) is 14.6. The summed E-state index contributed by atoms with van der Waals surface area (Å²) in [5.41, 5.74) is 6.14. The highest BCUT2D eigenvalue weighted by Gasteiger charge is 2.47. The fraction of sp³-hybridized carbons (Fsp3) is 0.636. The van der Waals surface area contributed by atoms with Crippen LogP contribution in [0.2, 0.25) is 0 Å². The van der Waals surface area contributed by atoms with Gasteiger partial charge in [-0.15, -0.1) is 0 Å². The second-order valence-corrected chi connectivity index (χ2v) is 12.7. The molecule has 0 nitrogen and oxygen atoms in total. The summed E-state index contributed by atoms with van der Waals surface area (Å²) in [5, 5.41) is 0. The van der Waals surface area contributed by atoms with Crippen molar-refractivity contribution in [1.29, 1.82) is 0 Å². The lowest BCUT2D eigenvalue weighted by Gasteiger charge is -2.52. The Labute approximate surface area is 204 Å². The molecule has 0 amide bonds. The van der Waals surface area contributed by atoms with Crippen molar-refractivity contribution in [3.8, 4) is 0 Å². The molecule has 2 aliphatic carbocycles. The average Bonchev–Trinajstić information content (AvgIpc) is 2.80. The van der Waals surface area contributed by atoms with Gasteiger partial charge in [0, 0.05) is 5.41 Å².